The van der Waals surface area contributed by atoms with E-state index >= 15 is 0 Å². The number of hydrogen-bond acceptors (Lipinski definition) is 3. The number of hydrogen-bond donors (Lipinski definition) is 1. The fourth-order valence-corrected chi connectivity index (χ4v) is 2.76. The van der Waals surface area contributed by atoms with Crippen LogP contribution >= 0.6 is 0 Å². The van der Waals surface area contributed by atoms with Gasteiger partial charge >= 0.3 is 5.97 Å². The van der Waals surface area contributed by atoms with Gasteiger partial charge in [0.25, 0.3) is 0 Å². The third-order valence-electron chi connectivity index (χ3n) is 4.13. The maximum atomic E-state index is 12.3. The summed E-state index contributed by atoms with van der Waals surface area (Å²) < 4.78 is 5.17. The molecule has 3 nitrogen and oxygen atoms in total. The quantitative estimate of drug-likeness (QED) is 0.741. The summed E-state index contributed by atoms with van der Waals surface area (Å²) in [6, 6.07) is 7.91. The van der Waals surface area contributed by atoms with Crippen molar-refractivity contribution >= 4 is 5.97 Å². The van der Waals surface area contributed by atoms with Crippen molar-refractivity contribution in [3.63, 3.8) is 0 Å². The third kappa shape index (κ3) is 4.07. The molecule has 1 aromatic carbocycles. The Hall–Kier alpha value is -1.35. The summed E-state index contributed by atoms with van der Waals surface area (Å²) in [6.07, 6.45) is 2.90. The number of carbonyl (C=O) groups excluding carboxylic acids is 1. The molecule has 0 amide bonds. The number of esters is 1. The standard InChI is InChI=1S/C18H28O3/c1-5-9-16(17(19)21-8-4)18(20,7-3)15-12-10-14(6-2)11-13-15/h10-13,16,20H,5-9H2,1-4H3. The minimum atomic E-state index is -1.16. The van der Waals surface area contributed by atoms with E-state index in [1.54, 1.807) is 6.92 Å². The van der Waals surface area contributed by atoms with Crippen molar-refractivity contribution < 1.29 is 14.6 Å². The second-order valence-corrected chi connectivity index (χ2v) is 5.42. The van der Waals surface area contributed by atoms with E-state index in [1.165, 1.54) is 5.56 Å². The van der Waals surface area contributed by atoms with E-state index in [1.807, 2.05) is 38.1 Å². The average Bonchev–Trinajstić information content (AvgIpc) is 2.52. The third-order valence-corrected chi connectivity index (χ3v) is 4.13. The number of benzene rings is 1. The van der Waals surface area contributed by atoms with Gasteiger partial charge in [0.15, 0.2) is 0 Å². The van der Waals surface area contributed by atoms with Crippen LogP contribution in [0.2, 0.25) is 0 Å². The minimum absolute atomic E-state index is 0.303. The van der Waals surface area contributed by atoms with E-state index in [9.17, 15) is 9.90 Å². The first-order valence-corrected chi connectivity index (χ1v) is 8.01. The fraction of sp³-hybridized carbons (Fsp3) is 0.611. The number of carbonyl (C=O) groups is 1. The Bertz CT molecular complexity index is 438. The lowest BCUT2D eigenvalue weighted by Gasteiger charge is -2.34. The summed E-state index contributed by atoms with van der Waals surface area (Å²) in [4.78, 5) is 12.3. The Morgan fingerprint density at radius 2 is 1.81 bits per heavy atom. The van der Waals surface area contributed by atoms with Crippen molar-refractivity contribution in [2.75, 3.05) is 6.61 Å². The molecular formula is C18H28O3. The van der Waals surface area contributed by atoms with Crippen LogP contribution in [0.5, 0.6) is 0 Å². The first-order valence-electron chi connectivity index (χ1n) is 8.01. The Morgan fingerprint density at radius 1 is 1.19 bits per heavy atom. The van der Waals surface area contributed by atoms with Crippen molar-refractivity contribution in [1.82, 2.24) is 0 Å². The summed E-state index contributed by atoms with van der Waals surface area (Å²) in [5.74, 6) is -0.816. The molecule has 0 saturated heterocycles. The van der Waals surface area contributed by atoms with Gasteiger partial charge in [-0.3, -0.25) is 4.79 Å². The van der Waals surface area contributed by atoms with E-state index in [4.69, 9.17) is 4.74 Å². The first-order chi connectivity index (χ1) is 10.0. The number of rotatable bonds is 8. The highest BCUT2D eigenvalue weighted by Crippen LogP contribution is 2.37. The van der Waals surface area contributed by atoms with Gasteiger partial charge in [0.05, 0.1) is 12.5 Å². The minimum Gasteiger partial charge on any atom is -0.466 e. The molecule has 0 spiro atoms. The van der Waals surface area contributed by atoms with Gasteiger partial charge in [-0.05, 0) is 37.3 Å². The van der Waals surface area contributed by atoms with Crippen molar-refractivity contribution in [3.8, 4) is 0 Å². The van der Waals surface area contributed by atoms with Gasteiger partial charge in [-0.15, -0.1) is 0 Å². The van der Waals surface area contributed by atoms with Crippen molar-refractivity contribution in [3.05, 3.63) is 35.4 Å². The Morgan fingerprint density at radius 3 is 2.24 bits per heavy atom. The van der Waals surface area contributed by atoms with E-state index < -0.39 is 11.5 Å². The van der Waals surface area contributed by atoms with Crippen LogP contribution in [0.1, 0.15) is 58.1 Å². The summed E-state index contributed by atoms with van der Waals surface area (Å²) in [7, 11) is 0. The second kappa shape index (κ2) is 8.18. The first kappa shape index (κ1) is 17.7. The molecule has 0 fully saturated rings. The molecule has 0 bridgehead atoms. The molecule has 2 unspecified atom stereocenters. The molecular weight excluding hydrogens is 264 g/mol. The fourth-order valence-electron chi connectivity index (χ4n) is 2.76. The highest BCUT2D eigenvalue weighted by Gasteiger charge is 2.41. The van der Waals surface area contributed by atoms with Crippen molar-refractivity contribution in [2.24, 2.45) is 5.92 Å². The highest BCUT2D eigenvalue weighted by molar-refractivity contribution is 5.74. The van der Waals surface area contributed by atoms with E-state index in [0.717, 1.165) is 18.4 Å². The van der Waals surface area contributed by atoms with Crippen LogP contribution in [0.3, 0.4) is 0 Å². The summed E-state index contributed by atoms with van der Waals surface area (Å²) >= 11 is 0. The van der Waals surface area contributed by atoms with E-state index in [-0.39, 0.29) is 5.97 Å². The predicted octanol–water partition coefficient (Wildman–Crippen LogP) is 3.83. The maximum absolute atomic E-state index is 12.3. The Labute approximate surface area is 128 Å². The molecule has 1 aromatic rings. The van der Waals surface area contributed by atoms with Gasteiger partial charge < -0.3 is 9.84 Å². The van der Waals surface area contributed by atoms with Crippen LogP contribution < -0.4 is 0 Å². The smallest absolute Gasteiger partial charge is 0.312 e. The number of aliphatic hydroxyl groups is 1. The van der Waals surface area contributed by atoms with Crippen molar-refractivity contribution in [1.29, 1.82) is 0 Å². The van der Waals surface area contributed by atoms with Gasteiger partial charge in [0.2, 0.25) is 0 Å². The lowest BCUT2D eigenvalue weighted by Crippen LogP contribution is -2.40. The molecule has 3 heteroatoms. The highest BCUT2D eigenvalue weighted by atomic mass is 16.5. The lowest BCUT2D eigenvalue weighted by molar-refractivity contribution is -0.160. The van der Waals surface area contributed by atoms with Gasteiger partial charge in [-0.2, -0.15) is 0 Å². The molecule has 0 radical (unpaired) electrons. The van der Waals surface area contributed by atoms with Gasteiger partial charge in [0.1, 0.15) is 5.60 Å². The monoisotopic (exact) mass is 292 g/mol. The van der Waals surface area contributed by atoms with Crippen LogP contribution in [-0.2, 0) is 21.6 Å². The Balaban J connectivity index is 3.15. The number of aryl methyl sites for hydroxylation is 1. The zero-order valence-corrected chi connectivity index (χ0v) is 13.7. The van der Waals surface area contributed by atoms with Crippen LogP contribution in [0.25, 0.3) is 0 Å². The summed E-state index contributed by atoms with van der Waals surface area (Å²) in [5, 5.41) is 11.1. The van der Waals surface area contributed by atoms with Crippen LogP contribution in [0.4, 0.5) is 0 Å². The second-order valence-electron chi connectivity index (χ2n) is 5.42. The zero-order valence-electron chi connectivity index (χ0n) is 13.7. The van der Waals surface area contributed by atoms with Gasteiger partial charge in [0, 0.05) is 0 Å². The molecule has 1 rings (SSSR count). The molecule has 0 saturated carbocycles. The summed E-state index contributed by atoms with van der Waals surface area (Å²) in [5.41, 5.74) is 0.864. The van der Waals surface area contributed by atoms with Crippen LogP contribution in [0, 0.1) is 5.92 Å². The molecule has 21 heavy (non-hydrogen) atoms. The predicted molar refractivity (Wildman–Crippen MR) is 85.0 cm³/mol. The average molecular weight is 292 g/mol. The molecule has 0 aliphatic rings. The SMILES string of the molecule is CCCC(C(=O)OCC)C(O)(CC)c1ccc(CC)cc1. The molecule has 118 valence electrons. The lowest BCUT2D eigenvalue weighted by atomic mass is 9.77. The topological polar surface area (TPSA) is 46.5 Å². The Kier molecular flexibility index (Phi) is 6.90. The zero-order chi connectivity index (χ0) is 15.9. The van der Waals surface area contributed by atoms with Gasteiger partial charge in [-0.25, -0.2) is 0 Å². The molecule has 2 atom stereocenters. The maximum Gasteiger partial charge on any atom is 0.312 e. The van der Waals surface area contributed by atoms with Crippen LogP contribution in [0.15, 0.2) is 24.3 Å². The molecule has 0 aliphatic carbocycles. The van der Waals surface area contributed by atoms with Gasteiger partial charge in [-0.1, -0.05) is 51.5 Å². The largest absolute Gasteiger partial charge is 0.466 e. The molecule has 0 aliphatic heterocycles. The normalized spacial score (nSPS) is 15.3. The molecule has 1 N–H and O–H groups in total. The van der Waals surface area contributed by atoms with E-state index in [2.05, 4.69) is 6.92 Å². The summed E-state index contributed by atoms with van der Waals surface area (Å²) in [6.45, 7) is 8.16. The molecule has 0 aromatic heterocycles. The molecule has 0 heterocycles. The van der Waals surface area contributed by atoms with E-state index in [0.29, 0.717) is 19.4 Å². The van der Waals surface area contributed by atoms with Crippen molar-refractivity contribution in [2.45, 2.75) is 59.0 Å². The number of ether oxygens (including phenoxy) is 1. The van der Waals surface area contributed by atoms with Crippen LogP contribution in [-0.4, -0.2) is 17.7 Å².